The number of nitrogens with zero attached hydrogens (tertiary/aromatic N) is 4. The zero-order valence-corrected chi connectivity index (χ0v) is 12.4. The molecule has 0 unspecified atom stereocenters. The molecule has 0 atom stereocenters. The highest BCUT2D eigenvalue weighted by molar-refractivity contribution is 5.73. The molecular weight excluding hydrogens is 331 g/mol. The summed E-state index contributed by atoms with van der Waals surface area (Å²) in [5, 5.41) is 0. The molecule has 0 N–H and O–H groups in total. The quantitative estimate of drug-likeness (QED) is 0.681. The fourth-order valence-electron chi connectivity index (χ4n) is 2.33. The van der Waals surface area contributed by atoms with Crippen LogP contribution in [-0.2, 0) is 19.1 Å². The highest BCUT2D eigenvalue weighted by Crippen LogP contribution is 2.28. The predicted molar refractivity (Wildman–Crippen MR) is 75.2 cm³/mol. The second-order valence-corrected chi connectivity index (χ2v) is 5.13. The van der Waals surface area contributed by atoms with Gasteiger partial charge in [-0.05, 0) is 12.5 Å². The number of benzene rings is 1. The number of hydrogen-bond acceptors (Lipinski definition) is 3. The van der Waals surface area contributed by atoms with E-state index in [2.05, 4.69) is 15.0 Å². The van der Waals surface area contributed by atoms with Crippen LogP contribution in [0, 0.1) is 11.6 Å². The summed E-state index contributed by atoms with van der Waals surface area (Å²) in [5.41, 5.74) is 0.456. The van der Waals surface area contributed by atoms with Crippen LogP contribution >= 0.6 is 0 Å². The van der Waals surface area contributed by atoms with Gasteiger partial charge in [0, 0.05) is 11.6 Å². The van der Waals surface area contributed by atoms with Crippen molar-refractivity contribution in [3.05, 3.63) is 53.2 Å². The average Bonchev–Trinajstić information content (AvgIpc) is 2.91. The van der Waals surface area contributed by atoms with Gasteiger partial charge in [-0.3, -0.25) is 0 Å². The van der Waals surface area contributed by atoms with Crippen LogP contribution in [0.1, 0.15) is 24.0 Å². The molecule has 9 heteroatoms. The number of hydrogen-bond donors (Lipinski definition) is 0. The summed E-state index contributed by atoms with van der Waals surface area (Å²) in [6.07, 6.45) is -3.19. The highest BCUT2D eigenvalue weighted by Gasteiger charge is 2.36. The lowest BCUT2D eigenvalue weighted by Gasteiger charge is -2.09. The molecule has 0 amide bonds. The van der Waals surface area contributed by atoms with Crippen molar-refractivity contribution in [3.8, 4) is 0 Å². The van der Waals surface area contributed by atoms with E-state index in [1.165, 1.54) is 17.0 Å². The number of fused-ring (bicyclic) bond motifs is 1. The van der Waals surface area contributed by atoms with E-state index in [4.69, 9.17) is 0 Å². The number of aryl methyl sites for hydroxylation is 1. The number of aromatic nitrogens is 4. The molecule has 0 aliphatic rings. The van der Waals surface area contributed by atoms with Crippen LogP contribution in [0.2, 0.25) is 0 Å². The van der Waals surface area contributed by atoms with E-state index in [9.17, 15) is 22.0 Å². The molecule has 2 heterocycles. The smallest absolute Gasteiger partial charge is 0.311 e. The van der Waals surface area contributed by atoms with Crippen LogP contribution in [0.5, 0.6) is 0 Å². The van der Waals surface area contributed by atoms with Crippen LogP contribution in [0.3, 0.4) is 0 Å². The van der Waals surface area contributed by atoms with Crippen molar-refractivity contribution in [2.75, 3.05) is 0 Å². The molecule has 3 rings (SSSR count). The minimum Gasteiger partial charge on any atom is -0.311 e. The molecule has 24 heavy (non-hydrogen) atoms. The van der Waals surface area contributed by atoms with Crippen LogP contribution in [-0.4, -0.2) is 19.5 Å². The van der Waals surface area contributed by atoms with E-state index in [0.717, 1.165) is 6.07 Å². The Morgan fingerprint density at radius 2 is 1.88 bits per heavy atom. The molecule has 126 valence electrons. The van der Waals surface area contributed by atoms with Gasteiger partial charge in [0.1, 0.15) is 17.2 Å². The number of halogens is 5. The number of rotatable bonds is 3. The zero-order valence-electron chi connectivity index (χ0n) is 12.4. The molecular formula is C15H11F5N4. The summed E-state index contributed by atoms with van der Waals surface area (Å²) in [5.74, 6) is -2.80. The van der Waals surface area contributed by atoms with Gasteiger partial charge in [0.2, 0.25) is 5.82 Å². The van der Waals surface area contributed by atoms with Crippen LogP contribution < -0.4 is 0 Å². The molecule has 0 aliphatic heterocycles. The Morgan fingerprint density at radius 1 is 1.12 bits per heavy atom. The van der Waals surface area contributed by atoms with Gasteiger partial charge in [0.25, 0.3) is 0 Å². The van der Waals surface area contributed by atoms with E-state index >= 15 is 0 Å². The minimum atomic E-state index is -4.70. The maximum Gasteiger partial charge on any atom is 0.451 e. The van der Waals surface area contributed by atoms with Gasteiger partial charge in [-0.1, -0.05) is 13.0 Å². The lowest BCUT2D eigenvalue weighted by atomic mass is 10.2. The zero-order chi connectivity index (χ0) is 17.5. The normalized spacial score (nSPS) is 12.1. The molecule has 0 bridgehead atoms. The van der Waals surface area contributed by atoms with Crippen molar-refractivity contribution >= 4 is 11.2 Å². The Kier molecular flexibility index (Phi) is 3.94. The fraction of sp³-hybridized carbons (Fsp3) is 0.267. The molecule has 0 saturated carbocycles. The monoisotopic (exact) mass is 342 g/mol. The van der Waals surface area contributed by atoms with Crippen LogP contribution in [0.15, 0.2) is 24.5 Å². The fourth-order valence-corrected chi connectivity index (χ4v) is 2.33. The Balaban J connectivity index is 2.12. The standard InChI is InChI=1S/C15H11F5N4/c1-2-11-12-13(23-14(22-11)15(18,19)20)24(7-21-12)6-8-3-4-9(16)5-10(8)17/h3-5,7H,2,6H2,1H3. The first-order chi connectivity index (χ1) is 11.3. The maximum atomic E-state index is 13.8. The van der Waals surface area contributed by atoms with Crippen LogP contribution in [0.25, 0.3) is 11.2 Å². The van der Waals surface area contributed by atoms with Gasteiger partial charge < -0.3 is 4.57 Å². The molecule has 2 aromatic heterocycles. The first-order valence-corrected chi connectivity index (χ1v) is 7.02. The van der Waals surface area contributed by atoms with Crippen LogP contribution in [0.4, 0.5) is 22.0 Å². The summed E-state index contributed by atoms with van der Waals surface area (Å²) in [6.45, 7) is 1.53. The summed E-state index contributed by atoms with van der Waals surface area (Å²) < 4.78 is 66.9. The third kappa shape index (κ3) is 2.93. The lowest BCUT2D eigenvalue weighted by molar-refractivity contribution is -0.144. The first kappa shape index (κ1) is 16.3. The third-order valence-electron chi connectivity index (χ3n) is 3.48. The van der Waals surface area contributed by atoms with E-state index < -0.39 is 23.6 Å². The Morgan fingerprint density at radius 3 is 2.50 bits per heavy atom. The summed E-state index contributed by atoms with van der Waals surface area (Å²) in [7, 11) is 0. The molecule has 0 radical (unpaired) electrons. The average molecular weight is 342 g/mol. The summed E-state index contributed by atoms with van der Waals surface area (Å²) >= 11 is 0. The molecule has 1 aromatic carbocycles. The molecule has 0 spiro atoms. The van der Waals surface area contributed by atoms with Crippen molar-refractivity contribution in [1.29, 1.82) is 0 Å². The van der Waals surface area contributed by atoms with Crippen molar-refractivity contribution in [1.82, 2.24) is 19.5 Å². The third-order valence-corrected chi connectivity index (χ3v) is 3.48. The minimum absolute atomic E-state index is 0.0436. The van der Waals surface area contributed by atoms with Gasteiger partial charge in [0.05, 0.1) is 18.6 Å². The second kappa shape index (κ2) is 5.81. The van der Waals surface area contributed by atoms with E-state index in [-0.39, 0.29) is 35.4 Å². The molecule has 0 fully saturated rings. The molecule has 4 nitrogen and oxygen atoms in total. The number of alkyl halides is 3. The summed E-state index contributed by atoms with van der Waals surface area (Å²) in [4.78, 5) is 11.1. The first-order valence-electron chi connectivity index (χ1n) is 7.02. The topological polar surface area (TPSA) is 43.6 Å². The van der Waals surface area contributed by atoms with Crippen molar-refractivity contribution in [2.24, 2.45) is 0 Å². The van der Waals surface area contributed by atoms with Crippen molar-refractivity contribution < 1.29 is 22.0 Å². The predicted octanol–water partition coefficient (Wildman–Crippen LogP) is 3.73. The van der Waals surface area contributed by atoms with Gasteiger partial charge in [0.15, 0.2) is 5.65 Å². The second-order valence-electron chi connectivity index (χ2n) is 5.13. The molecule has 3 aromatic rings. The van der Waals surface area contributed by atoms with Crippen molar-refractivity contribution in [2.45, 2.75) is 26.1 Å². The molecule has 0 aliphatic carbocycles. The molecule has 0 saturated heterocycles. The Labute approximate surface area is 133 Å². The largest absolute Gasteiger partial charge is 0.451 e. The maximum absolute atomic E-state index is 13.8. The van der Waals surface area contributed by atoms with Crippen molar-refractivity contribution in [3.63, 3.8) is 0 Å². The van der Waals surface area contributed by atoms with E-state index in [1.807, 2.05) is 0 Å². The van der Waals surface area contributed by atoms with Gasteiger partial charge in [-0.2, -0.15) is 13.2 Å². The Bertz CT molecular complexity index is 901. The highest BCUT2D eigenvalue weighted by atomic mass is 19.4. The Hall–Kier alpha value is -2.58. The lowest BCUT2D eigenvalue weighted by Crippen LogP contribution is -2.14. The van der Waals surface area contributed by atoms with Gasteiger partial charge in [-0.15, -0.1) is 0 Å². The van der Waals surface area contributed by atoms with Gasteiger partial charge in [-0.25, -0.2) is 23.7 Å². The van der Waals surface area contributed by atoms with E-state index in [1.54, 1.807) is 6.92 Å². The van der Waals surface area contributed by atoms with Gasteiger partial charge >= 0.3 is 6.18 Å². The number of imidazole rings is 1. The van der Waals surface area contributed by atoms with E-state index in [0.29, 0.717) is 6.07 Å². The SMILES string of the molecule is CCc1nc(C(F)(F)F)nc2c1ncn2Cc1ccc(F)cc1F. The summed E-state index contributed by atoms with van der Waals surface area (Å²) in [6, 6.07) is 3.01.